The van der Waals surface area contributed by atoms with Gasteiger partial charge in [-0.1, -0.05) is 39.8 Å². The highest BCUT2D eigenvalue weighted by Crippen LogP contribution is 2.70. The molecule has 30 heavy (non-hydrogen) atoms. The monoisotopic (exact) mass is 415 g/mol. The number of rotatable bonds is 7. The lowest BCUT2D eigenvalue weighted by molar-refractivity contribution is -0.139. The van der Waals surface area contributed by atoms with E-state index < -0.39 is 0 Å². The van der Waals surface area contributed by atoms with Crippen LogP contribution in [0, 0.1) is 28.6 Å². The molecule has 5 nitrogen and oxygen atoms in total. The second-order valence-electron chi connectivity index (χ2n) is 10.3. The third-order valence-electron chi connectivity index (χ3n) is 8.08. The van der Waals surface area contributed by atoms with Crippen molar-refractivity contribution in [1.29, 1.82) is 0 Å². The number of carbonyl (C=O) groups is 1. The molecule has 1 spiro atoms. The van der Waals surface area contributed by atoms with Crippen LogP contribution in [0.5, 0.6) is 5.75 Å². The number of fused-ring (bicyclic) bond motifs is 1. The van der Waals surface area contributed by atoms with Crippen LogP contribution < -0.4 is 10.1 Å². The number of methoxy groups -OCH3 is 1. The zero-order valence-electron chi connectivity index (χ0n) is 19.1. The van der Waals surface area contributed by atoms with Crippen molar-refractivity contribution in [1.82, 2.24) is 5.32 Å². The Morgan fingerprint density at radius 1 is 1.23 bits per heavy atom. The molecule has 5 atom stereocenters. The molecule has 1 aromatic rings. The molecule has 1 unspecified atom stereocenters. The molecular weight excluding hydrogens is 378 g/mol. The van der Waals surface area contributed by atoms with Gasteiger partial charge in [-0.3, -0.25) is 4.79 Å². The molecule has 4 rings (SSSR count). The van der Waals surface area contributed by atoms with E-state index in [0.29, 0.717) is 25.0 Å². The van der Waals surface area contributed by atoms with E-state index in [4.69, 9.17) is 14.2 Å². The van der Waals surface area contributed by atoms with Crippen LogP contribution in [0.25, 0.3) is 0 Å². The van der Waals surface area contributed by atoms with Crippen LogP contribution in [0.15, 0.2) is 24.3 Å². The van der Waals surface area contributed by atoms with Crippen LogP contribution in [-0.2, 0) is 14.3 Å². The Balaban J connectivity index is 1.56. The molecule has 0 aromatic heterocycles. The smallest absolute Gasteiger partial charge is 0.222 e. The van der Waals surface area contributed by atoms with Crippen LogP contribution in [0.2, 0.25) is 0 Å². The Morgan fingerprint density at radius 3 is 2.63 bits per heavy atom. The lowest BCUT2D eigenvalue weighted by Crippen LogP contribution is -2.59. The molecule has 166 valence electrons. The summed E-state index contributed by atoms with van der Waals surface area (Å²) in [5, 5.41) is 3.47. The van der Waals surface area contributed by atoms with E-state index in [0.717, 1.165) is 18.8 Å². The minimum Gasteiger partial charge on any atom is -0.491 e. The van der Waals surface area contributed by atoms with Crippen molar-refractivity contribution in [2.45, 2.75) is 59.1 Å². The predicted octanol–water partition coefficient (Wildman–Crippen LogP) is 4.37. The predicted molar refractivity (Wildman–Crippen MR) is 116 cm³/mol. The molecule has 2 aliphatic carbocycles. The van der Waals surface area contributed by atoms with Crippen LogP contribution >= 0.6 is 0 Å². The average molecular weight is 416 g/mol. The van der Waals surface area contributed by atoms with E-state index in [1.807, 2.05) is 26.0 Å². The summed E-state index contributed by atoms with van der Waals surface area (Å²) in [6.07, 6.45) is 3.50. The summed E-state index contributed by atoms with van der Waals surface area (Å²) in [5.74, 6) is 2.12. The molecule has 1 N–H and O–H groups in total. The van der Waals surface area contributed by atoms with Crippen molar-refractivity contribution in [3.05, 3.63) is 29.8 Å². The Kier molecular flexibility index (Phi) is 5.88. The number of ether oxygens (including phenoxy) is 3. The normalized spacial score (nSPS) is 34.1. The van der Waals surface area contributed by atoms with E-state index in [1.54, 1.807) is 7.11 Å². The molecule has 3 aliphatic rings. The van der Waals surface area contributed by atoms with Crippen molar-refractivity contribution in [3.8, 4) is 5.75 Å². The second-order valence-corrected chi connectivity index (χ2v) is 10.3. The van der Waals surface area contributed by atoms with Gasteiger partial charge in [-0.05, 0) is 59.6 Å². The maximum atomic E-state index is 12.7. The van der Waals surface area contributed by atoms with E-state index in [1.165, 1.54) is 18.4 Å². The number of hydrogen-bond acceptors (Lipinski definition) is 4. The third-order valence-corrected chi connectivity index (χ3v) is 8.08. The molecular formula is C25H37NO4. The number of benzene rings is 1. The fraction of sp³-hybridized carbons (Fsp3) is 0.720. The minimum atomic E-state index is 0.0102. The summed E-state index contributed by atoms with van der Waals surface area (Å²) in [5.41, 5.74) is 1.48. The number of nitrogens with one attached hydrogen (secondary N) is 1. The van der Waals surface area contributed by atoms with Gasteiger partial charge in [-0.25, -0.2) is 0 Å². The summed E-state index contributed by atoms with van der Waals surface area (Å²) in [4.78, 5) is 12.7. The maximum Gasteiger partial charge on any atom is 0.222 e. The standard InChI is InChI=1S/C25H37NO4/c1-16(2)22(27)26-23-24(3,4)18-14-20-21(30-11-10-25(20,23)15-18)17-6-8-19(9-7-17)29-13-12-28-5/h6-9,16,18,20-21,23H,10-15H2,1-5H3,(H,26,27)/t18-,20-,21-,23+,25?/m1/s1. The zero-order chi connectivity index (χ0) is 21.5. The number of carbonyl (C=O) groups excluding carboxylic acids is 1. The van der Waals surface area contributed by atoms with Gasteiger partial charge in [-0.15, -0.1) is 0 Å². The highest BCUT2D eigenvalue weighted by Gasteiger charge is 2.68. The molecule has 5 heteroatoms. The van der Waals surface area contributed by atoms with E-state index in [-0.39, 0.29) is 34.8 Å². The third kappa shape index (κ3) is 3.54. The van der Waals surface area contributed by atoms with Gasteiger partial charge >= 0.3 is 0 Å². The quantitative estimate of drug-likeness (QED) is 0.672. The van der Waals surface area contributed by atoms with Gasteiger partial charge in [0.05, 0.1) is 12.7 Å². The Hall–Kier alpha value is -1.59. The van der Waals surface area contributed by atoms with Gasteiger partial charge in [0.1, 0.15) is 12.4 Å². The first-order valence-electron chi connectivity index (χ1n) is 11.4. The van der Waals surface area contributed by atoms with Gasteiger partial charge in [0.25, 0.3) is 0 Å². The Morgan fingerprint density at radius 2 is 1.97 bits per heavy atom. The Bertz CT molecular complexity index is 759. The highest BCUT2D eigenvalue weighted by molar-refractivity contribution is 5.78. The summed E-state index contributed by atoms with van der Waals surface area (Å²) in [6, 6.07) is 8.57. The average Bonchev–Trinajstić information content (AvgIpc) is 3.21. The fourth-order valence-corrected chi connectivity index (χ4v) is 6.42. The van der Waals surface area contributed by atoms with Gasteiger partial charge in [0, 0.05) is 25.7 Å². The van der Waals surface area contributed by atoms with Crippen molar-refractivity contribution < 1.29 is 19.0 Å². The zero-order valence-corrected chi connectivity index (χ0v) is 19.1. The Labute approximate surface area is 180 Å². The number of hydrogen-bond donors (Lipinski definition) is 1. The van der Waals surface area contributed by atoms with Crippen LogP contribution in [0.1, 0.15) is 58.6 Å². The van der Waals surface area contributed by atoms with Crippen molar-refractivity contribution >= 4 is 5.91 Å². The molecule has 1 heterocycles. The van der Waals surface area contributed by atoms with Crippen LogP contribution in [0.3, 0.4) is 0 Å². The molecule has 1 aromatic carbocycles. The van der Waals surface area contributed by atoms with Crippen molar-refractivity contribution in [2.24, 2.45) is 28.6 Å². The maximum absolute atomic E-state index is 12.7. The first-order valence-corrected chi connectivity index (χ1v) is 11.4. The van der Waals surface area contributed by atoms with Gasteiger partial charge in [0.2, 0.25) is 5.91 Å². The summed E-state index contributed by atoms with van der Waals surface area (Å²) in [7, 11) is 1.68. The molecule has 1 amide bonds. The highest BCUT2D eigenvalue weighted by atomic mass is 16.5. The van der Waals surface area contributed by atoms with E-state index in [2.05, 4.69) is 31.3 Å². The van der Waals surface area contributed by atoms with E-state index >= 15 is 0 Å². The number of amides is 1. The summed E-state index contributed by atoms with van der Waals surface area (Å²) >= 11 is 0. The lowest BCUT2D eigenvalue weighted by atomic mass is 9.58. The molecule has 0 radical (unpaired) electrons. The molecule has 2 saturated carbocycles. The SMILES string of the molecule is COCCOc1ccc([C@H]2OCCC34C[C@@H](C[C@H]23)C(C)(C)[C@@H]4NC(=O)C(C)C)cc1. The lowest BCUT2D eigenvalue weighted by Gasteiger charge is -2.53. The largest absolute Gasteiger partial charge is 0.491 e. The van der Waals surface area contributed by atoms with Crippen LogP contribution in [-0.4, -0.2) is 38.9 Å². The van der Waals surface area contributed by atoms with Crippen LogP contribution in [0.4, 0.5) is 0 Å². The summed E-state index contributed by atoms with van der Waals surface area (Å²) in [6.45, 7) is 10.6. The molecule has 1 aliphatic heterocycles. The van der Waals surface area contributed by atoms with Crippen molar-refractivity contribution in [2.75, 3.05) is 26.9 Å². The van der Waals surface area contributed by atoms with Crippen molar-refractivity contribution in [3.63, 3.8) is 0 Å². The van der Waals surface area contributed by atoms with Gasteiger partial charge < -0.3 is 19.5 Å². The fourth-order valence-electron chi connectivity index (χ4n) is 6.42. The van der Waals surface area contributed by atoms with Gasteiger partial charge in [-0.2, -0.15) is 0 Å². The minimum absolute atomic E-state index is 0.0102. The first kappa shape index (κ1) is 21.6. The molecule has 3 fully saturated rings. The first-order chi connectivity index (χ1) is 14.3. The summed E-state index contributed by atoms with van der Waals surface area (Å²) < 4.78 is 17.1. The topological polar surface area (TPSA) is 56.8 Å². The van der Waals surface area contributed by atoms with Gasteiger partial charge in [0.15, 0.2) is 0 Å². The molecule has 2 bridgehead atoms. The van der Waals surface area contributed by atoms with E-state index in [9.17, 15) is 4.79 Å². The second kappa shape index (κ2) is 8.16. The molecule has 1 saturated heterocycles.